The Labute approximate surface area is 82.1 Å². The van der Waals surface area contributed by atoms with Crippen LogP contribution in [0.15, 0.2) is 18.5 Å². The van der Waals surface area contributed by atoms with Gasteiger partial charge in [0.05, 0.1) is 31.9 Å². The molecule has 0 bridgehead atoms. The number of rotatable bonds is 3. The Hall–Kier alpha value is -1.04. The Bertz CT molecular complexity index is 281. The summed E-state index contributed by atoms with van der Waals surface area (Å²) in [5.41, 5.74) is 0. The maximum Gasteiger partial charge on any atom is 0.141 e. The molecule has 5 heteroatoms. The lowest BCUT2D eigenvalue weighted by molar-refractivity contribution is 0.122. The fourth-order valence-corrected chi connectivity index (χ4v) is 1.38. The number of hydrogen-bond acceptors (Lipinski definition) is 5. The van der Waals surface area contributed by atoms with Gasteiger partial charge in [0.15, 0.2) is 0 Å². The van der Waals surface area contributed by atoms with Gasteiger partial charge in [-0.1, -0.05) is 0 Å². The second-order valence-corrected chi connectivity index (χ2v) is 3.26. The molecule has 2 N–H and O–H groups in total. The molecule has 0 aromatic carbocycles. The van der Waals surface area contributed by atoms with Gasteiger partial charge in [-0.05, 0) is 6.07 Å². The molecule has 0 spiro atoms. The molecule has 5 nitrogen and oxygen atoms in total. The molecule has 1 aliphatic heterocycles. The molecular weight excluding hydrogens is 182 g/mol. The minimum absolute atomic E-state index is 0.00111. The van der Waals surface area contributed by atoms with E-state index in [0.29, 0.717) is 19.8 Å². The first-order chi connectivity index (χ1) is 6.86. The largest absolute Gasteiger partial charge is 0.389 e. The molecule has 14 heavy (non-hydrogen) atoms. The van der Waals surface area contributed by atoms with Crippen molar-refractivity contribution in [2.45, 2.75) is 18.7 Å². The first-order valence-corrected chi connectivity index (χ1v) is 4.61. The monoisotopic (exact) mass is 195 g/mol. The van der Waals surface area contributed by atoms with E-state index in [1.807, 2.05) is 0 Å². The first kappa shape index (κ1) is 9.51. The average molecular weight is 195 g/mol. The van der Waals surface area contributed by atoms with Crippen molar-refractivity contribution in [1.82, 2.24) is 15.3 Å². The van der Waals surface area contributed by atoms with Crippen molar-refractivity contribution >= 4 is 0 Å². The summed E-state index contributed by atoms with van der Waals surface area (Å²) in [6.07, 6.45) is 2.98. The molecule has 0 aliphatic carbocycles. The van der Waals surface area contributed by atoms with Crippen LogP contribution in [0.5, 0.6) is 0 Å². The second kappa shape index (κ2) is 4.45. The molecule has 1 aromatic rings. The molecule has 1 fully saturated rings. The van der Waals surface area contributed by atoms with E-state index in [1.54, 1.807) is 18.5 Å². The van der Waals surface area contributed by atoms with E-state index in [0.717, 1.165) is 5.82 Å². The summed E-state index contributed by atoms with van der Waals surface area (Å²) in [6, 6.07) is 1.77. The predicted molar refractivity (Wildman–Crippen MR) is 49.5 cm³/mol. The fourth-order valence-electron chi connectivity index (χ4n) is 1.38. The van der Waals surface area contributed by atoms with Crippen LogP contribution in [0.1, 0.15) is 5.82 Å². The maximum atomic E-state index is 9.44. The Morgan fingerprint density at radius 2 is 2.21 bits per heavy atom. The third-order valence-electron chi connectivity index (χ3n) is 2.19. The average Bonchev–Trinajstić information content (AvgIpc) is 2.63. The molecule has 2 atom stereocenters. The van der Waals surface area contributed by atoms with Crippen LogP contribution in [-0.2, 0) is 11.3 Å². The Morgan fingerprint density at radius 3 is 2.86 bits per heavy atom. The molecule has 0 saturated carbocycles. The van der Waals surface area contributed by atoms with Gasteiger partial charge < -0.3 is 15.2 Å². The summed E-state index contributed by atoms with van der Waals surface area (Å²) >= 11 is 0. The Morgan fingerprint density at radius 1 is 1.43 bits per heavy atom. The van der Waals surface area contributed by atoms with Crippen LogP contribution in [0, 0.1) is 0 Å². The highest BCUT2D eigenvalue weighted by Crippen LogP contribution is 2.05. The molecule has 2 heterocycles. The second-order valence-electron chi connectivity index (χ2n) is 3.26. The lowest BCUT2D eigenvalue weighted by atomic mass is 10.2. The molecule has 0 radical (unpaired) electrons. The third kappa shape index (κ3) is 2.25. The molecule has 0 unspecified atom stereocenters. The highest BCUT2D eigenvalue weighted by molar-refractivity contribution is 4.90. The summed E-state index contributed by atoms with van der Waals surface area (Å²) in [7, 11) is 0. The van der Waals surface area contributed by atoms with Crippen molar-refractivity contribution in [3.63, 3.8) is 0 Å². The van der Waals surface area contributed by atoms with Gasteiger partial charge in [-0.25, -0.2) is 9.97 Å². The quantitative estimate of drug-likeness (QED) is 0.669. The molecule has 1 aromatic heterocycles. The van der Waals surface area contributed by atoms with Crippen molar-refractivity contribution in [3.8, 4) is 0 Å². The van der Waals surface area contributed by atoms with Crippen molar-refractivity contribution in [2.24, 2.45) is 0 Å². The smallest absolute Gasteiger partial charge is 0.141 e. The molecule has 0 amide bonds. The van der Waals surface area contributed by atoms with Crippen LogP contribution in [0.3, 0.4) is 0 Å². The van der Waals surface area contributed by atoms with Gasteiger partial charge >= 0.3 is 0 Å². The Balaban J connectivity index is 1.82. The van der Waals surface area contributed by atoms with Crippen LogP contribution in [0.4, 0.5) is 0 Å². The van der Waals surface area contributed by atoms with Gasteiger partial charge in [0.1, 0.15) is 5.82 Å². The maximum absolute atomic E-state index is 9.44. The summed E-state index contributed by atoms with van der Waals surface area (Å²) in [6.45, 7) is 1.52. The van der Waals surface area contributed by atoms with Crippen molar-refractivity contribution in [2.75, 3.05) is 13.2 Å². The SMILES string of the molecule is O[C@@H]1COC[C@H]1NCc1ncccn1. The predicted octanol–water partition coefficient (Wildman–Crippen LogP) is -0.674. The fraction of sp³-hybridized carbons (Fsp3) is 0.556. The number of aromatic nitrogens is 2. The van der Waals surface area contributed by atoms with Gasteiger partial charge in [-0.3, -0.25) is 0 Å². The van der Waals surface area contributed by atoms with Crippen LogP contribution < -0.4 is 5.32 Å². The number of hydrogen-bond donors (Lipinski definition) is 2. The zero-order chi connectivity index (χ0) is 9.80. The van der Waals surface area contributed by atoms with E-state index in [2.05, 4.69) is 15.3 Å². The molecule has 1 aliphatic rings. The number of ether oxygens (including phenoxy) is 1. The van der Waals surface area contributed by atoms with Crippen molar-refractivity contribution < 1.29 is 9.84 Å². The van der Waals surface area contributed by atoms with Crippen LogP contribution in [-0.4, -0.2) is 40.4 Å². The lowest BCUT2D eigenvalue weighted by Gasteiger charge is -2.13. The van der Waals surface area contributed by atoms with Crippen molar-refractivity contribution in [3.05, 3.63) is 24.3 Å². The van der Waals surface area contributed by atoms with Gasteiger partial charge in [0, 0.05) is 12.4 Å². The van der Waals surface area contributed by atoms with Crippen LogP contribution >= 0.6 is 0 Å². The summed E-state index contributed by atoms with van der Waals surface area (Å²) < 4.78 is 5.10. The zero-order valence-corrected chi connectivity index (χ0v) is 7.76. The van der Waals surface area contributed by atoms with E-state index in [-0.39, 0.29) is 6.04 Å². The van der Waals surface area contributed by atoms with Crippen LogP contribution in [0.25, 0.3) is 0 Å². The topological polar surface area (TPSA) is 67.3 Å². The summed E-state index contributed by atoms with van der Waals surface area (Å²) in [4.78, 5) is 8.14. The van der Waals surface area contributed by atoms with E-state index in [1.165, 1.54) is 0 Å². The number of aliphatic hydroxyl groups excluding tert-OH is 1. The number of nitrogens with one attached hydrogen (secondary N) is 1. The summed E-state index contributed by atoms with van der Waals surface area (Å²) in [5, 5.41) is 12.6. The Kier molecular flexibility index (Phi) is 3.03. The normalized spacial score (nSPS) is 26.6. The molecule has 76 valence electrons. The van der Waals surface area contributed by atoms with Gasteiger partial charge in [-0.15, -0.1) is 0 Å². The van der Waals surface area contributed by atoms with Gasteiger partial charge in [0.2, 0.25) is 0 Å². The van der Waals surface area contributed by atoms with Crippen molar-refractivity contribution in [1.29, 1.82) is 0 Å². The van der Waals surface area contributed by atoms with Crippen LogP contribution in [0.2, 0.25) is 0 Å². The minimum atomic E-state index is -0.418. The molecule has 1 saturated heterocycles. The van der Waals surface area contributed by atoms with Gasteiger partial charge in [0.25, 0.3) is 0 Å². The minimum Gasteiger partial charge on any atom is -0.389 e. The van der Waals surface area contributed by atoms with E-state index < -0.39 is 6.10 Å². The van der Waals surface area contributed by atoms with E-state index >= 15 is 0 Å². The zero-order valence-electron chi connectivity index (χ0n) is 7.76. The first-order valence-electron chi connectivity index (χ1n) is 4.61. The third-order valence-corrected chi connectivity index (χ3v) is 2.19. The van der Waals surface area contributed by atoms with E-state index in [4.69, 9.17) is 4.74 Å². The summed E-state index contributed by atoms with van der Waals surface area (Å²) in [5.74, 6) is 0.728. The molecule has 2 rings (SSSR count). The highest BCUT2D eigenvalue weighted by atomic mass is 16.5. The van der Waals surface area contributed by atoms with E-state index in [9.17, 15) is 5.11 Å². The molecular formula is C9H13N3O2. The van der Waals surface area contributed by atoms with Gasteiger partial charge in [-0.2, -0.15) is 0 Å². The number of nitrogens with zero attached hydrogens (tertiary/aromatic N) is 2. The highest BCUT2D eigenvalue weighted by Gasteiger charge is 2.25. The standard InChI is InChI=1S/C9H13N3O2/c13-8-6-14-5-7(8)12-4-9-10-2-1-3-11-9/h1-3,7-8,12-13H,4-6H2/t7-,8-/m1/s1. The lowest BCUT2D eigenvalue weighted by Crippen LogP contribution is -2.38. The number of aliphatic hydroxyl groups is 1.